The highest BCUT2D eigenvalue weighted by atomic mass is 16.5. The Hall–Kier alpha value is -4.05. The summed E-state index contributed by atoms with van der Waals surface area (Å²) in [6, 6.07) is 17.7. The number of nitrogens with zero attached hydrogens (tertiary/aromatic N) is 2. The van der Waals surface area contributed by atoms with Crippen LogP contribution in [0.25, 0.3) is 0 Å². The van der Waals surface area contributed by atoms with Gasteiger partial charge in [-0.05, 0) is 42.5 Å². The van der Waals surface area contributed by atoms with Crippen molar-refractivity contribution in [3.05, 3.63) is 72.1 Å². The van der Waals surface area contributed by atoms with E-state index in [0.717, 1.165) is 5.69 Å². The zero-order chi connectivity index (χ0) is 19.9. The summed E-state index contributed by atoms with van der Waals surface area (Å²) in [5.74, 6) is 0.758. The summed E-state index contributed by atoms with van der Waals surface area (Å²) in [5, 5.41) is 14.9. The molecule has 2 N–H and O–H groups in total. The summed E-state index contributed by atoms with van der Waals surface area (Å²) < 4.78 is 10.4. The van der Waals surface area contributed by atoms with E-state index in [9.17, 15) is 4.79 Å². The molecule has 0 fully saturated rings. The lowest BCUT2D eigenvalue weighted by atomic mass is 10.2. The van der Waals surface area contributed by atoms with Gasteiger partial charge in [0.15, 0.2) is 0 Å². The van der Waals surface area contributed by atoms with Gasteiger partial charge in [-0.15, -0.1) is 0 Å². The maximum Gasteiger partial charge on any atom is 0.274 e. The molecule has 2 aromatic carbocycles. The topological polar surface area (TPSA) is 96.3 Å². The Kier molecular flexibility index (Phi) is 5.72. The number of carbonyl (C=O) groups excluding carboxylic acids is 1. The average Bonchev–Trinajstić information content (AvgIpc) is 2.74. The van der Waals surface area contributed by atoms with Gasteiger partial charge in [0.2, 0.25) is 0 Å². The van der Waals surface area contributed by atoms with Gasteiger partial charge in [0, 0.05) is 11.8 Å². The first kappa shape index (κ1) is 18.7. The van der Waals surface area contributed by atoms with Crippen LogP contribution in [0.1, 0.15) is 16.1 Å². The highest BCUT2D eigenvalue weighted by Gasteiger charge is 2.12. The number of carbonyl (C=O) groups is 1. The van der Waals surface area contributed by atoms with Gasteiger partial charge in [0.1, 0.15) is 17.2 Å². The summed E-state index contributed by atoms with van der Waals surface area (Å²) in [7, 11) is 3.08. The molecule has 1 amide bonds. The second-order valence-corrected chi connectivity index (χ2v) is 5.77. The van der Waals surface area contributed by atoms with Crippen LogP contribution >= 0.6 is 0 Å². The van der Waals surface area contributed by atoms with Crippen molar-refractivity contribution in [1.29, 1.82) is 5.26 Å². The summed E-state index contributed by atoms with van der Waals surface area (Å²) in [5.41, 5.74) is 2.80. The fourth-order valence-electron chi connectivity index (χ4n) is 2.52. The first-order valence-corrected chi connectivity index (χ1v) is 8.39. The van der Waals surface area contributed by atoms with Crippen molar-refractivity contribution in [2.24, 2.45) is 0 Å². The molecule has 0 aliphatic heterocycles. The Morgan fingerprint density at radius 2 is 1.89 bits per heavy atom. The van der Waals surface area contributed by atoms with Gasteiger partial charge in [-0.2, -0.15) is 5.26 Å². The Balaban J connectivity index is 1.71. The molecule has 28 heavy (non-hydrogen) atoms. The van der Waals surface area contributed by atoms with Gasteiger partial charge in [-0.1, -0.05) is 6.07 Å². The monoisotopic (exact) mass is 374 g/mol. The van der Waals surface area contributed by atoms with Gasteiger partial charge in [0.05, 0.1) is 43.4 Å². The van der Waals surface area contributed by atoms with Crippen molar-refractivity contribution in [3.63, 3.8) is 0 Å². The SMILES string of the molecule is COc1ccc(NC(=O)c2ccc(Nc3cccc(C#N)c3)cn2)c(OC)c1. The number of aromatic nitrogens is 1. The predicted molar refractivity (Wildman–Crippen MR) is 106 cm³/mol. The van der Waals surface area contributed by atoms with Crippen LogP contribution in [0.5, 0.6) is 11.5 Å². The van der Waals surface area contributed by atoms with Crippen LogP contribution < -0.4 is 20.1 Å². The highest BCUT2D eigenvalue weighted by Crippen LogP contribution is 2.29. The predicted octanol–water partition coefficient (Wildman–Crippen LogP) is 3.97. The molecule has 140 valence electrons. The van der Waals surface area contributed by atoms with Gasteiger partial charge in [-0.25, -0.2) is 4.98 Å². The Labute approximate surface area is 162 Å². The lowest BCUT2D eigenvalue weighted by molar-refractivity contribution is 0.102. The number of pyridine rings is 1. The number of anilines is 3. The van der Waals surface area contributed by atoms with E-state index in [4.69, 9.17) is 14.7 Å². The van der Waals surface area contributed by atoms with E-state index in [1.54, 1.807) is 61.8 Å². The summed E-state index contributed by atoms with van der Waals surface area (Å²) in [4.78, 5) is 16.7. The number of nitrogens with one attached hydrogen (secondary N) is 2. The van der Waals surface area contributed by atoms with Crippen molar-refractivity contribution in [1.82, 2.24) is 4.98 Å². The molecule has 0 saturated carbocycles. The van der Waals surface area contributed by atoms with E-state index < -0.39 is 0 Å². The maximum atomic E-state index is 12.5. The molecule has 0 atom stereocenters. The minimum atomic E-state index is -0.360. The fraction of sp³-hybridized carbons (Fsp3) is 0.0952. The zero-order valence-electron chi connectivity index (χ0n) is 15.4. The molecule has 3 aromatic rings. The molecule has 1 aromatic heterocycles. The standard InChI is InChI=1S/C21H18N4O3/c1-27-17-7-9-18(20(11-17)28-2)25-21(26)19-8-6-16(13-23-19)24-15-5-3-4-14(10-15)12-22/h3-11,13,24H,1-2H3,(H,25,26). The number of methoxy groups -OCH3 is 2. The van der Waals surface area contributed by atoms with E-state index >= 15 is 0 Å². The highest BCUT2D eigenvalue weighted by molar-refractivity contribution is 6.03. The molecule has 0 aliphatic carbocycles. The van der Waals surface area contributed by atoms with Crippen molar-refractivity contribution in [3.8, 4) is 17.6 Å². The molecule has 1 heterocycles. The number of rotatable bonds is 6. The maximum absolute atomic E-state index is 12.5. The van der Waals surface area contributed by atoms with Crippen LogP contribution in [0.15, 0.2) is 60.8 Å². The van der Waals surface area contributed by atoms with Gasteiger partial charge >= 0.3 is 0 Å². The summed E-state index contributed by atoms with van der Waals surface area (Å²) in [6.45, 7) is 0. The fourth-order valence-corrected chi connectivity index (χ4v) is 2.52. The molecular weight excluding hydrogens is 356 g/mol. The van der Waals surface area contributed by atoms with Crippen molar-refractivity contribution in [2.75, 3.05) is 24.9 Å². The van der Waals surface area contributed by atoms with Crippen LogP contribution in [0, 0.1) is 11.3 Å². The molecule has 0 spiro atoms. The average molecular weight is 374 g/mol. The number of amides is 1. The minimum Gasteiger partial charge on any atom is -0.497 e. The van der Waals surface area contributed by atoms with Crippen LogP contribution in [-0.2, 0) is 0 Å². The lowest BCUT2D eigenvalue weighted by Crippen LogP contribution is -2.14. The molecule has 0 bridgehead atoms. The van der Waals surface area contributed by atoms with Gasteiger partial charge in [-0.3, -0.25) is 4.79 Å². The second-order valence-electron chi connectivity index (χ2n) is 5.77. The molecule has 0 saturated heterocycles. The van der Waals surface area contributed by atoms with Crippen molar-refractivity contribution < 1.29 is 14.3 Å². The largest absolute Gasteiger partial charge is 0.497 e. The molecule has 7 nitrogen and oxygen atoms in total. The number of nitriles is 1. The van der Waals surface area contributed by atoms with Crippen molar-refractivity contribution >= 4 is 23.0 Å². The van der Waals surface area contributed by atoms with Crippen LogP contribution in [-0.4, -0.2) is 25.1 Å². The Morgan fingerprint density at radius 3 is 2.57 bits per heavy atom. The van der Waals surface area contributed by atoms with E-state index in [1.807, 2.05) is 6.07 Å². The third-order valence-corrected chi connectivity index (χ3v) is 3.93. The summed E-state index contributed by atoms with van der Waals surface area (Å²) >= 11 is 0. The third kappa shape index (κ3) is 4.37. The Morgan fingerprint density at radius 1 is 1.04 bits per heavy atom. The number of benzene rings is 2. The van der Waals surface area contributed by atoms with Gasteiger partial charge in [0.25, 0.3) is 5.91 Å². The first-order valence-electron chi connectivity index (χ1n) is 8.39. The van der Waals surface area contributed by atoms with E-state index in [1.165, 1.54) is 7.11 Å². The molecule has 7 heteroatoms. The van der Waals surface area contributed by atoms with Gasteiger partial charge < -0.3 is 20.1 Å². The van der Waals surface area contributed by atoms with Crippen LogP contribution in [0.2, 0.25) is 0 Å². The number of hydrogen-bond acceptors (Lipinski definition) is 6. The molecule has 3 rings (SSSR count). The first-order chi connectivity index (χ1) is 13.6. The number of hydrogen-bond donors (Lipinski definition) is 2. The molecule has 0 radical (unpaired) electrons. The quantitative estimate of drug-likeness (QED) is 0.678. The minimum absolute atomic E-state index is 0.259. The van der Waals surface area contributed by atoms with E-state index in [2.05, 4.69) is 21.7 Å². The zero-order valence-corrected chi connectivity index (χ0v) is 15.4. The van der Waals surface area contributed by atoms with Crippen LogP contribution in [0.3, 0.4) is 0 Å². The smallest absolute Gasteiger partial charge is 0.274 e. The third-order valence-electron chi connectivity index (χ3n) is 3.93. The van der Waals surface area contributed by atoms with Crippen LogP contribution in [0.4, 0.5) is 17.1 Å². The Bertz CT molecular complexity index is 1030. The van der Waals surface area contributed by atoms with E-state index in [-0.39, 0.29) is 11.6 Å². The normalized spacial score (nSPS) is 9.89. The lowest BCUT2D eigenvalue weighted by Gasteiger charge is -2.12. The van der Waals surface area contributed by atoms with Crippen molar-refractivity contribution in [2.45, 2.75) is 0 Å². The second kappa shape index (κ2) is 8.56. The molecule has 0 unspecified atom stereocenters. The van der Waals surface area contributed by atoms with E-state index in [0.29, 0.717) is 28.4 Å². The molecular formula is C21H18N4O3. The number of ether oxygens (including phenoxy) is 2. The summed E-state index contributed by atoms with van der Waals surface area (Å²) in [6.07, 6.45) is 1.55. The molecule has 0 aliphatic rings.